The first-order chi connectivity index (χ1) is 10.1. The number of anilines is 1. The van der Waals surface area contributed by atoms with Crippen molar-refractivity contribution in [2.75, 3.05) is 12.8 Å². The Balaban J connectivity index is 2.26. The molecule has 21 heavy (non-hydrogen) atoms. The zero-order chi connectivity index (χ0) is 15.0. The number of hydrogen-bond donors (Lipinski definition) is 1. The molecule has 0 unspecified atom stereocenters. The third kappa shape index (κ3) is 2.48. The normalized spacial score (nSPS) is 10.8. The molecule has 3 rings (SSSR count). The van der Waals surface area contributed by atoms with Crippen molar-refractivity contribution in [3.63, 3.8) is 0 Å². The van der Waals surface area contributed by atoms with E-state index in [-0.39, 0.29) is 5.95 Å². The smallest absolute Gasteiger partial charge is 0.240 e. The topological polar surface area (TPSA) is 73.9 Å². The first-order valence-electron chi connectivity index (χ1n) is 6.33. The van der Waals surface area contributed by atoms with Gasteiger partial charge in [-0.25, -0.2) is 4.98 Å². The van der Waals surface area contributed by atoms with E-state index in [1.54, 1.807) is 13.2 Å². The molecule has 0 aliphatic carbocycles. The largest absolute Gasteiger partial charge is 0.496 e. The molecule has 0 aliphatic heterocycles. The molecule has 0 saturated carbocycles. The summed E-state index contributed by atoms with van der Waals surface area (Å²) in [6.07, 6.45) is 0. The Morgan fingerprint density at radius 1 is 1.14 bits per heavy atom. The van der Waals surface area contributed by atoms with Crippen LogP contribution in [-0.2, 0) is 0 Å². The molecule has 3 aromatic rings. The second kappa shape index (κ2) is 5.18. The number of fused-ring (bicyclic) bond motifs is 1. The molecule has 0 saturated heterocycles. The average Bonchev–Trinajstić information content (AvgIpc) is 2.47. The van der Waals surface area contributed by atoms with Gasteiger partial charge in [0.05, 0.1) is 12.6 Å². The molecule has 0 aliphatic rings. The summed E-state index contributed by atoms with van der Waals surface area (Å²) in [6.45, 7) is 1.96. The third-order valence-electron chi connectivity index (χ3n) is 3.24. The molecule has 2 N–H and O–H groups in total. The van der Waals surface area contributed by atoms with Crippen LogP contribution in [0, 0.1) is 6.92 Å². The summed E-state index contributed by atoms with van der Waals surface area (Å²) in [5.74, 6) is 0.910. The van der Waals surface area contributed by atoms with Crippen LogP contribution >= 0.6 is 11.6 Å². The fraction of sp³-hybridized carbons (Fsp3) is 0.133. The van der Waals surface area contributed by atoms with Crippen LogP contribution < -0.4 is 10.5 Å². The van der Waals surface area contributed by atoms with Crippen LogP contribution in [0.5, 0.6) is 5.75 Å². The molecule has 0 atom stereocenters. The van der Waals surface area contributed by atoms with Crippen molar-refractivity contribution in [2.45, 2.75) is 6.92 Å². The molecule has 0 radical (unpaired) electrons. The summed E-state index contributed by atoms with van der Waals surface area (Å²) >= 11 is 6.09. The summed E-state index contributed by atoms with van der Waals surface area (Å²) in [5, 5.41) is 8.54. The van der Waals surface area contributed by atoms with Gasteiger partial charge in [-0.05, 0) is 48.4 Å². The van der Waals surface area contributed by atoms with Crippen molar-refractivity contribution < 1.29 is 4.74 Å². The highest BCUT2D eigenvalue weighted by Gasteiger charge is 2.11. The van der Waals surface area contributed by atoms with Crippen molar-refractivity contribution in [3.05, 3.63) is 40.9 Å². The molecule has 0 fully saturated rings. The Morgan fingerprint density at radius 3 is 2.71 bits per heavy atom. The summed E-state index contributed by atoms with van der Waals surface area (Å²) < 4.78 is 5.40. The second-order valence-corrected chi connectivity index (χ2v) is 5.11. The Morgan fingerprint density at radius 2 is 1.95 bits per heavy atom. The zero-order valence-electron chi connectivity index (χ0n) is 11.6. The zero-order valence-corrected chi connectivity index (χ0v) is 12.3. The molecule has 0 bridgehead atoms. The van der Waals surface area contributed by atoms with E-state index in [1.807, 2.05) is 31.2 Å². The lowest BCUT2D eigenvalue weighted by molar-refractivity contribution is 0.416. The number of aryl methyl sites for hydroxylation is 1. The molecule has 5 nitrogen and oxygen atoms in total. The summed E-state index contributed by atoms with van der Waals surface area (Å²) in [7, 11) is 1.63. The van der Waals surface area contributed by atoms with Crippen LogP contribution in [-0.4, -0.2) is 22.3 Å². The third-order valence-corrected chi connectivity index (χ3v) is 3.47. The monoisotopic (exact) mass is 300 g/mol. The van der Waals surface area contributed by atoms with Gasteiger partial charge in [-0.2, -0.15) is 0 Å². The maximum atomic E-state index is 6.09. The highest BCUT2D eigenvalue weighted by atomic mass is 35.5. The number of nitrogens with zero attached hydrogens (tertiary/aromatic N) is 3. The van der Waals surface area contributed by atoms with E-state index in [0.717, 1.165) is 28.0 Å². The Bertz CT molecular complexity index is 835. The fourth-order valence-corrected chi connectivity index (χ4v) is 2.46. The first-order valence-corrected chi connectivity index (χ1v) is 6.71. The summed E-state index contributed by atoms with van der Waals surface area (Å²) in [4.78, 5) is 4.22. The predicted molar refractivity (Wildman–Crippen MR) is 83.5 cm³/mol. The molecule has 2 aromatic carbocycles. The molecular formula is C15H13ClN4O. The average molecular weight is 301 g/mol. The van der Waals surface area contributed by atoms with E-state index >= 15 is 0 Å². The van der Waals surface area contributed by atoms with Gasteiger partial charge in [0.15, 0.2) is 0 Å². The van der Waals surface area contributed by atoms with Crippen LogP contribution in [0.2, 0.25) is 5.02 Å². The van der Waals surface area contributed by atoms with E-state index in [0.29, 0.717) is 10.5 Å². The van der Waals surface area contributed by atoms with Crippen molar-refractivity contribution >= 4 is 28.6 Å². The Kier molecular flexibility index (Phi) is 3.35. The number of nitrogen functional groups attached to an aromatic ring is 1. The number of benzene rings is 2. The van der Waals surface area contributed by atoms with Crippen molar-refractivity contribution in [1.82, 2.24) is 15.2 Å². The van der Waals surface area contributed by atoms with Gasteiger partial charge in [-0.1, -0.05) is 11.6 Å². The standard InChI is InChI=1S/C15H13ClN4O/c1-8-5-9(6-12-14(8)18-15(17)20-19-12)11-7-10(16)3-4-13(11)21-2/h3-7H,1-2H3,(H2,17,18,20). The molecular weight excluding hydrogens is 288 g/mol. The van der Waals surface area contributed by atoms with Gasteiger partial charge in [0.1, 0.15) is 11.3 Å². The minimum Gasteiger partial charge on any atom is -0.496 e. The lowest BCUT2D eigenvalue weighted by Crippen LogP contribution is -1.99. The minimum absolute atomic E-state index is 0.165. The van der Waals surface area contributed by atoms with E-state index in [4.69, 9.17) is 22.1 Å². The van der Waals surface area contributed by atoms with E-state index < -0.39 is 0 Å². The molecule has 1 heterocycles. The highest BCUT2D eigenvalue weighted by molar-refractivity contribution is 6.31. The lowest BCUT2D eigenvalue weighted by Gasteiger charge is -2.11. The van der Waals surface area contributed by atoms with Crippen LogP contribution in [0.25, 0.3) is 22.2 Å². The number of ether oxygens (including phenoxy) is 1. The second-order valence-electron chi connectivity index (χ2n) is 4.68. The number of methoxy groups -OCH3 is 1. The van der Waals surface area contributed by atoms with Crippen molar-refractivity contribution in [1.29, 1.82) is 0 Å². The Hall–Kier alpha value is -2.40. The highest BCUT2D eigenvalue weighted by Crippen LogP contribution is 2.34. The first kappa shape index (κ1) is 13.6. The number of rotatable bonds is 2. The van der Waals surface area contributed by atoms with E-state index in [9.17, 15) is 0 Å². The van der Waals surface area contributed by atoms with Gasteiger partial charge in [0.2, 0.25) is 5.95 Å². The summed E-state index contributed by atoms with van der Waals surface area (Å²) in [6, 6.07) is 9.39. The number of hydrogen-bond acceptors (Lipinski definition) is 5. The van der Waals surface area contributed by atoms with E-state index in [2.05, 4.69) is 15.2 Å². The van der Waals surface area contributed by atoms with Gasteiger partial charge in [-0.3, -0.25) is 0 Å². The van der Waals surface area contributed by atoms with Crippen molar-refractivity contribution in [3.8, 4) is 16.9 Å². The molecule has 0 spiro atoms. The number of nitrogens with two attached hydrogens (primary N) is 1. The lowest BCUT2D eigenvalue weighted by atomic mass is 10.0. The molecule has 106 valence electrons. The predicted octanol–water partition coefficient (Wildman–Crippen LogP) is 3.24. The van der Waals surface area contributed by atoms with Gasteiger partial charge in [-0.15, -0.1) is 10.2 Å². The fourth-order valence-electron chi connectivity index (χ4n) is 2.29. The van der Waals surface area contributed by atoms with E-state index in [1.165, 1.54) is 0 Å². The van der Waals surface area contributed by atoms with Crippen LogP contribution in [0.1, 0.15) is 5.56 Å². The molecule has 1 aromatic heterocycles. The molecule has 0 amide bonds. The van der Waals surface area contributed by atoms with Gasteiger partial charge < -0.3 is 10.5 Å². The van der Waals surface area contributed by atoms with Crippen LogP contribution in [0.15, 0.2) is 30.3 Å². The van der Waals surface area contributed by atoms with Gasteiger partial charge in [0, 0.05) is 10.6 Å². The minimum atomic E-state index is 0.165. The van der Waals surface area contributed by atoms with Gasteiger partial charge >= 0.3 is 0 Å². The Labute approximate surface area is 126 Å². The maximum Gasteiger partial charge on any atom is 0.240 e. The molecule has 6 heteroatoms. The van der Waals surface area contributed by atoms with Gasteiger partial charge in [0.25, 0.3) is 0 Å². The quantitative estimate of drug-likeness (QED) is 0.786. The SMILES string of the molecule is COc1ccc(Cl)cc1-c1cc(C)c2nc(N)nnc2c1. The summed E-state index contributed by atoms with van der Waals surface area (Å²) in [5.41, 5.74) is 9.82. The van der Waals surface area contributed by atoms with Crippen LogP contribution in [0.4, 0.5) is 5.95 Å². The van der Waals surface area contributed by atoms with Crippen molar-refractivity contribution in [2.24, 2.45) is 0 Å². The number of aromatic nitrogens is 3. The maximum absolute atomic E-state index is 6.09. The number of halogens is 1. The van der Waals surface area contributed by atoms with Crippen LogP contribution in [0.3, 0.4) is 0 Å².